The van der Waals surface area contributed by atoms with E-state index in [0.29, 0.717) is 5.92 Å². The zero-order valence-electron chi connectivity index (χ0n) is 12.7. The van der Waals surface area contributed by atoms with E-state index in [9.17, 15) is 0 Å². The van der Waals surface area contributed by atoms with Gasteiger partial charge in [0.15, 0.2) is 0 Å². The molecule has 1 aromatic heterocycles. The molecule has 1 unspecified atom stereocenters. The van der Waals surface area contributed by atoms with E-state index in [2.05, 4.69) is 46.2 Å². The quantitative estimate of drug-likeness (QED) is 0.789. The van der Waals surface area contributed by atoms with Gasteiger partial charge in [-0.3, -0.25) is 0 Å². The van der Waals surface area contributed by atoms with Gasteiger partial charge in [-0.1, -0.05) is 24.3 Å². The molecule has 2 heterocycles. The SMILES string of the molecule is CN1CCCC2=C(/C=C\C(c3ncccn3)CC/C=C\2)C1. The molecule has 110 valence electrons. The van der Waals surface area contributed by atoms with Gasteiger partial charge in [0.05, 0.1) is 0 Å². The Balaban J connectivity index is 1.89. The predicted octanol–water partition coefficient (Wildman–Crippen LogP) is 3.49. The van der Waals surface area contributed by atoms with Crippen molar-refractivity contribution in [3.8, 4) is 0 Å². The van der Waals surface area contributed by atoms with Crippen LogP contribution in [0.1, 0.15) is 37.4 Å². The lowest BCUT2D eigenvalue weighted by Gasteiger charge is -2.14. The van der Waals surface area contributed by atoms with E-state index < -0.39 is 0 Å². The van der Waals surface area contributed by atoms with Gasteiger partial charge >= 0.3 is 0 Å². The monoisotopic (exact) mass is 281 g/mol. The number of hydrogen-bond acceptors (Lipinski definition) is 3. The summed E-state index contributed by atoms with van der Waals surface area (Å²) in [7, 11) is 2.21. The highest BCUT2D eigenvalue weighted by Gasteiger charge is 2.15. The normalized spacial score (nSPS) is 27.0. The Labute approximate surface area is 127 Å². The summed E-state index contributed by atoms with van der Waals surface area (Å²) >= 11 is 0. The molecular formula is C18H23N3. The molecule has 0 radical (unpaired) electrons. The average molecular weight is 281 g/mol. The van der Waals surface area contributed by atoms with Crippen LogP contribution in [0.3, 0.4) is 0 Å². The maximum absolute atomic E-state index is 4.43. The van der Waals surface area contributed by atoms with Crippen LogP contribution in [-0.2, 0) is 0 Å². The van der Waals surface area contributed by atoms with Crippen molar-refractivity contribution in [2.75, 3.05) is 20.1 Å². The minimum Gasteiger partial charge on any atom is -0.302 e. The van der Waals surface area contributed by atoms with Crippen LogP contribution in [0.5, 0.6) is 0 Å². The first-order valence-corrected chi connectivity index (χ1v) is 7.85. The second kappa shape index (κ2) is 6.81. The van der Waals surface area contributed by atoms with Gasteiger partial charge in [0.25, 0.3) is 0 Å². The van der Waals surface area contributed by atoms with E-state index >= 15 is 0 Å². The Hall–Kier alpha value is -1.74. The third kappa shape index (κ3) is 3.67. The van der Waals surface area contributed by atoms with E-state index in [0.717, 1.165) is 25.2 Å². The number of aromatic nitrogens is 2. The summed E-state index contributed by atoms with van der Waals surface area (Å²) in [6, 6.07) is 1.88. The Kier molecular flexibility index (Phi) is 4.61. The van der Waals surface area contributed by atoms with Gasteiger partial charge in [0.1, 0.15) is 5.82 Å². The van der Waals surface area contributed by atoms with Crippen molar-refractivity contribution in [2.24, 2.45) is 0 Å². The molecule has 0 amide bonds. The molecule has 21 heavy (non-hydrogen) atoms. The summed E-state index contributed by atoms with van der Waals surface area (Å²) in [6.07, 6.45) is 17.5. The molecule has 0 aromatic carbocycles. The third-order valence-corrected chi connectivity index (χ3v) is 4.25. The van der Waals surface area contributed by atoms with Crippen molar-refractivity contribution in [1.82, 2.24) is 14.9 Å². The van der Waals surface area contributed by atoms with Crippen LogP contribution in [0.15, 0.2) is 53.9 Å². The molecule has 1 aliphatic carbocycles. The van der Waals surface area contributed by atoms with Crippen LogP contribution in [0.4, 0.5) is 0 Å². The summed E-state index contributed by atoms with van der Waals surface area (Å²) in [4.78, 5) is 11.3. The second-order valence-electron chi connectivity index (χ2n) is 5.94. The lowest BCUT2D eigenvalue weighted by Crippen LogP contribution is -2.20. The van der Waals surface area contributed by atoms with Gasteiger partial charge in [0.2, 0.25) is 0 Å². The van der Waals surface area contributed by atoms with E-state index in [1.54, 1.807) is 0 Å². The molecule has 0 N–H and O–H groups in total. The van der Waals surface area contributed by atoms with Gasteiger partial charge in [-0.25, -0.2) is 9.97 Å². The third-order valence-electron chi connectivity index (χ3n) is 4.25. The van der Waals surface area contributed by atoms with Gasteiger partial charge in [-0.2, -0.15) is 0 Å². The summed E-state index contributed by atoms with van der Waals surface area (Å²) < 4.78 is 0. The molecular weight excluding hydrogens is 258 g/mol. The highest BCUT2D eigenvalue weighted by molar-refractivity contribution is 5.36. The van der Waals surface area contributed by atoms with Crippen molar-refractivity contribution in [3.63, 3.8) is 0 Å². The van der Waals surface area contributed by atoms with Crippen LogP contribution in [0, 0.1) is 0 Å². The number of allylic oxidation sites excluding steroid dienone is 4. The molecule has 1 aromatic rings. The highest BCUT2D eigenvalue weighted by atomic mass is 15.1. The fourth-order valence-corrected chi connectivity index (χ4v) is 3.07. The summed E-state index contributed by atoms with van der Waals surface area (Å²) in [5.41, 5.74) is 2.96. The van der Waals surface area contributed by atoms with Gasteiger partial charge in [-0.05, 0) is 56.5 Å². The van der Waals surface area contributed by atoms with E-state index in [-0.39, 0.29) is 0 Å². The van der Waals surface area contributed by atoms with Gasteiger partial charge < -0.3 is 4.90 Å². The van der Waals surface area contributed by atoms with Crippen molar-refractivity contribution in [2.45, 2.75) is 31.6 Å². The molecule has 2 aliphatic rings. The molecule has 3 rings (SSSR count). The number of hydrogen-bond donors (Lipinski definition) is 0. The highest BCUT2D eigenvalue weighted by Crippen LogP contribution is 2.26. The topological polar surface area (TPSA) is 29.0 Å². The molecule has 0 spiro atoms. The molecule has 0 fully saturated rings. The number of likely N-dealkylation sites (N-methyl/N-ethyl adjacent to an activating group) is 1. The van der Waals surface area contributed by atoms with Crippen molar-refractivity contribution < 1.29 is 0 Å². The lowest BCUT2D eigenvalue weighted by atomic mass is 10.0. The van der Waals surface area contributed by atoms with E-state index in [1.807, 2.05) is 18.5 Å². The molecule has 1 atom stereocenters. The zero-order chi connectivity index (χ0) is 14.5. The van der Waals surface area contributed by atoms with E-state index in [1.165, 1.54) is 30.5 Å². The zero-order valence-corrected chi connectivity index (χ0v) is 12.7. The van der Waals surface area contributed by atoms with E-state index in [4.69, 9.17) is 0 Å². The van der Waals surface area contributed by atoms with Crippen molar-refractivity contribution in [1.29, 1.82) is 0 Å². The van der Waals surface area contributed by atoms with Crippen LogP contribution < -0.4 is 0 Å². The Morgan fingerprint density at radius 1 is 1.14 bits per heavy atom. The Morgan fingerprint density at radius 3 is 2.86 bits per heavy atom. The van der Waals surface area contributed by atoms with Gasteiger partial charge in [0, 0.05) is 24.9 Å². The molecule has 0 bridgehead atoms. The maximum atomic E-state index is 4.43. The molecule has 0 saturated heterocycles. The summed E-state index contributed by atoms with van der Waals surface area (Å²) in [5, 5.41) is 0. The Bertz CT molecular complexity index is 557. The lowest BCUT2D eigenvalue weighted by molar-refractivity contribution is 0.368. The largest absolute Gasteiger partial charge is 0.302 e. The minimum atomic E-state index is 0.316. The first kappa shape index (κ1) is 14.2. The number of rotatable bonds is 1. The first-order valence-electron chi connectivity index (χ1n) is 7.85. The fourth-order valence-electron chi connectivity index (χ4n) is 3.07. The van der Waals surface area contributed by atoms with Crippen LogP contribution >= 0.6 is 0 Å². The fraction of sp³-hybridized carbons (Fsp3) is 0.444. The van der Waals surface area contributed by atoms with Crippen LogP contribution in [-0.4, -0.2) is 35.0 Å². The van der Waals surface area contributed by atoms with Crippen LogP contribution in [0.25, 0.3) is 0 Å². The summed E-state index contributed by atoms with van der Waals surface area (Å²) in [5.74, 6) is 1.25. The average Bonchev–Trinajstić information content (AvgIpc) is 2.62. The number of nitrogens with zero attached hydrogens (tertiary/aromatic N) is 3. The molecule has 3 heteroatoms. The second-order valence-corrected chi connectivity index (χ2v) is 5.94. The molecule has 0 saturated carbocycles. The van der Waals surface area contributed by atoms with Gasteiger partial charge in [-0.15, -0.1) is 0 Å². The standard InChI is InChI=1S/C18H23N3/c1-21-13-4-8-15-6-2-3-7-16(9-10-17(15)14-21)18-19-11-5-12-20-18/h2,5-6,9-12,16H,3-4,7-8,13-14H2,1H3/b6-2-,10-9-. The first-order chi connectivity index (χ1) is 10.3. The molecule has 3 nitrogen and oxygen atoms in total. The maximum Gasteiger partial charge on any atom is 0.135 e. The van der Waals surface area contributed by atoms with Crippen LogP contribution in [0.2, 0.25) is 0 Å². The Morgan fingerprint density at radius 2 is 2.00 bits per heavy atom. The van der Waals surface area contributed by atoms with Crippen molar-refractivity contribution in [3.05, 3.63) is 59.7 Å². The summed E-state index contributed by atoms with van der Waals surface area (Å²) in [6.45, 7) is 2.22. The predicted molar refractivity (Wildman–Crippen MR) is 86.0 cm³/mol. The smallest absolute Gasteiger partial charge is 0.135 e. The molecule has 1 aliphatic heterocycles. The van der Waals surface area contributed by atoms with Crippen molar-refractivity contribution >= 4 is 0 Å². The minimum absolute atomic E-state index is 0.316.